The van der Waals surface area contributed by atoms with Crippen molar-refractivity contribution in [2.24, 2.45) is 11.3 Å². The number of carbonyl (C=O) groups excluding carboxylic acids is 2. The predicted octanol–water partition coefficient (Wildman–Crippen LogP) is 5.47. The smallest absolute Gasteiger partial charge is 0.452 e. The van der Waals surface area contributed by atoms with Gasteiger partial charge in [-0.25, -0.2) is 9.78 Å². The Kier molecular flexibility index (Phi) is 5.44. The zero-order chi connectivity index (χ0) is 32.1. The number of ether oxygens (including phenoxy) is 3. The number of aryl methyl sites for hydroxylation is 1. The Bertz CT molecular complexity index is 1860. The van der Waals surface area contributed by atoms with Gasteiger partial charge in [-0.2, -0.15) is 13.2 Å². The molecule has 238 valence electrons. The maximum atomic E-state index is 13.8. The van der Waals surface area contributed by atoms with Crippen LogP contribution in [0.4, 0.5) is 13.2 Å². The molecule has 9 nitrogen and oxygen atoms in total. The first kappa shape index (κ1) is 29.0. The lowest BCUT2D eigenvalue weighted by atomic mass is 9.41. The summed E-state index contributed by atoms with van der Waals surface area (Å²) in [7, 11) is 0. The van der Waals surface area contributed by atoms with Crippen LogP contribution in [-0.2, 0) is 37.0 Å². The summed E-state index contributed by atoms with van der Waals surface area (Å²) in [6.45, 7) is 8.68. The average Bonchev–Trinajstić information content (AvgIpc) is 3.67. The number of H-pyrrole nitrogens is 1. The van der Waals surface area contributed by atoms with E-state index in [0.29, 0.717) is 19.3 Å². The second-order valence-corrected chi connectivity index (χ2v) is 14.2. The Hall–Kier alpha value is -3.48. The first-order valence-electron chi connectivity index (χ1n) is 15.2. The number of ketones is 1. The van der Waals surface area contributed by atoms with Crippen LogP contribution >= 0.6 is 0 Å². The lowest BCUT2D eigenvalue weighted by molar-refractivity contribution is -0.273. The molecule has 1 aromatic carbocycles. The maximum absolute atomic E-state index is 13.8. The molecule has 0 radical (unpaired) electrons. The molecule has 12 heteroatoms. The molecule has 2 aliphatic heterocycles. The van der Waals surface area contributed by atoms with Crippen LogP contribution in [0.2, 0.25) is 0 Å². The Balaban J connectivity index is 1.31. The number of halogens is 3. The molecule has 1 unspecified atom stereocenters. The van der Waals surface area contributed by atoms with E-state index in [1.54, 1.807) is 13.8 Å². The van der Waals surface area contributed by atoms with Gasteiger partial charge in [0.25, 0.3) is 0 Å². The third kappa shape index (κ3) is 3.37. The molecule has 7 atom stereocenters. The average molecular weight is 627 g/mol. The van der Waals surface area contributed by atoms with Crippen molar-refractivity contribution >= 4 is 22.7 Å². The van der Waals surface area contributed by atoms with Gasteiger partial charge >= 0.3 is 12.1 Å². The summed E-state index contributed by atoms with van der Waals surface area (Å²) < 4.78 is 65.0. The van der Waals surface area contributed by atoms with E-state index in [4.69, 9.17) is 18.6 Å². The molecule has 1 saturated heterocycles. The fraction of sp³-hybridized carbons (Fsp3) is 0.545. The van der Waals surface area contributed by atoms with Gasteiger partial charge in [0.1, 0.15) is 17.3 Å². The van der Waals surface area contributed by atoms with E-state index < -0.39 is 69.4 Å². The van der Waals surface area contributed by atoms with E-state index in [9.17, 15) is 27.9 Å². The molecule has 3 aromatic rings. The Morgan fingerprint density at radius 2 is 1.89 bits per heavy atom. The summed E-state index contributed by atoms with van der Waals surface area (Å²) in [5.41, 5.74) is -2.81. The normalized spacial score (nSPS) is 37.9. The minimum atomic E-state index is -5.00. The summed E-state index contributed by atoms with van der Waals surface area (Å²) in [5.74, 6) is -5.35. The number of benzene rings is 1. The first-order chi connectivity index (χ1) is 21.0. The summed E-state index contributed by atoms with van der Waals surface area (Å²) in [6.07, 6.45) is -4.58. The number of aromatic nitrogens is 2. The Labute approximate surface area is 256 Å². The number of nitrogens with one attached hydrogen (secondary N) is 1. The van der Waals surface area contributed by atoms with Gasteiger partial charge in [0.05, 0.1) is 0 Å². The number of carbonyl (C=O) groups is 2. The molecule has 3 fully saturated rings. The van der Waals surface area contributed by atoms with Crippen LogP contribution in [0.5, 0.6) is 0 Å². The fourth-order valence-corrected chi connectivity index (χ4v) is 9.47. The Morgan fingerprint density at radius 1 is 1.16 bits per heavy atom. The fourth-order valence-electron chi connectivity index (χ4n) is 9.47. The van der Waals surface area contributed by atoms with Crippen molar-refractivity contribution in [3.63, 3.8) is 0 Å². The van der Waals surface area contributed by atoms with Gasteiger partial charge in [0, 0.05) is 46.3 Å². The van der Waals surface area contributed by atoms with Crippen LogP contribution in [-0.4, -0.2) is 56.0 Å². The van der Waals surface area contributed by atoms with Crippen LogP contribution in [0.25, 0.3) is 10.9 Å². The van der Waals surface area contributed by atoms with E-state index >= 15 is 0 Å². The topological polar surface area (TPSA) is 124 Å². The number of fused-ring (bicyclic) bond motifs is 9. The van der Waals surface area contributed by atoms with E-state index in [-0.39, 0.29) is 23.8 Å². The zero-order valence-electron chi connectivity index (χ0n) is 25.4. The maximum Gasteiger partial charge on any atom is 0.452 e. The molecule has 2 N–H and O–H groups in total. The summed E-state index contributed by atoms with van der Waals surface area (Å²) in [6, 6.07) is 7.92. The first-order valence-corrected chi connectivity index (χ1v) is 15.2. The highest BCUT2D eigenvalue weighted by Gasteiger charge is 2.78. The van der Waals surface area contributed by atoms with Crippen LogP contribution in [0.1, 0.15) is 80.4 Å². The van der Waals surface area contributed by atoms with Crippen LogP contribution in [0.15, 0.2) is 40.3 Å². The zero-order valence-corrected chi connectivity index (χ0v) is 25.4. The van der Waals surface area contributed by atoms with Crippen molar-refractivity contribution in [2.45, 2.75) is 101 Å². The molecular weight excluding hydrogens is 593 g/mol. The number of aliphatic hydroxyl groups is 1. The van der Waals surface area contributed by atoms with E-state index in [1.165, 1.54) is 13.0 Å². The summed E-state index contributed by atoms with van der Waals surface area (Å²) in [4.78, 5) is 34.4. The Morgan fingerprint density at radius 3 is 2.62 bits per heavy atom. The number of hydrogen-bond acceptors (Lipinski definition) is 8. The highest BCUT2D eigenvalue weighted by molar-refractivity contribution is 5.97. The van der Waals surface area contributed by atoms with Gasteiger partial charge in [-0.15, -0.1) is 0 Å². The monoisotopic (exact) mass is 626 g/mol. The quantitative estimate of drug-likeness (QED) is 0.359. The van der Waals surface area contributed by atoms with Crippen molar-refractivity contribution in [3.8, 4) is 0 Å². The standard InChI is InChI=1S/C33H33F3N2O7/c1-15-37-23(26(42-15)33(34,35)36)27(40)43-22-13-16-12-18-17-8-6-7-9-19(17)38-24(18)30(16,5)29(4)10-11-31-21(32(22,29)41)14-20(39)25(44-31)28(2,3)45-31/h6-9,14,16,22,25,38,41H,10-13H2,1-5H3/t16-,22+,25+,29-,30-,31?,32+/m1/s1. The van der Waals surface area contributed by atoms with Gasteiger partial charge in [-0.05, 0) is 56.7 Å². The number of aromatic amines is 1. The lowest BCUT2D eigenvalue weighted by Gasteiger charge is -2.67. The molecule has 4 heterocycles. The van der Waals surface area contributed by atoms with Gasteiger partial charge in [-0.1, -0.05) is 32.0 Å². The number of oxazole rings is 1. The number of para-hydroxylation sites is 1. The van der Waals surface area contributed by atoms with E-state index in [1.807, 2.05) is 31.2 Å². The summed E-state index contributed by atoms with van der Waals surface area (Å²) >= 11 is 0. The SMILES string of the molecule is Cc1nc(C(=O)O[C@H]2C[C@H]3Cc4c([nH]c5ccccc45)[C@]3(C)[C@@]3(C)CCC45O[C@@H](C(=O)C=C4[C@]23O)C(C)(C)O5)c(C(F)(F)F)o1. The minimum absolute atomic E-state index is 0.0950. The highest BCUT2D eigenvalue weighted by Crippen LogP contribution is 2.72. The second kappa shape index (κ2) is 8.45. The number of rotatable bonds is 2. The van der Waals surface area contributed by atoms with Gasteiger partial charge < -0.3 is 28.7 Å². The molecule has 5 aliphatic rings. The van der Waals surface area contributed by atoms with Crippen molar-refractivity contribution in [1.82, 2.24) is 9.97 Å². The number of esters is 1. The molecule has 3 aliphatic carbocycles. The third-order valence-corrected chi connectivity index (χ3v) is 11.7. The lowest BCUT2D eigenvalue weighted by Crippen LogP contribution is -2.75. The number of hydrogen-bond donors (Lipinski definition) is 2. The van der Waals surface area contributed by atoms with Crippen LogP contribution in [0, 0.1) is 18.3 Å². The molecule has 1 spiro atoms. The largest absolute Gasteiger partial charge is 0.454 e. The molecule has 2 saturated carbocycles. The molecule has 45 heavy (non-hydrogen) atoms. The summed E-state index contributed by atoms with van der Waals surface area (Å²) in [5, 5.41) is 14.4. The highest BCUT2D eigenvalue weighted by atomic mass is 19.4. The molecule has 0 amide bonds. The predicted molar refractivity (Wildman–Crippen MR) is 151 cm³/mol. The third-order valence-electron chi connectivity index (χ3n) is 11.7. The van der Waals surface area contributed by atoms with Gasteiger partial charge in [0.15, 0.2) is 29.3 Å². The number of alkyl halides is 3. The molecule has 2 aromatic heterocycles. The van der Waals surface area contributed by atoms with Crippen LogP contribution in [0.3, 0.4) is 0 Å². The van der Waals surface area contributed by atoms with Crippen molar-refractivity contribution < 1.29 is 46.5 Å². The van der Waals surface area contributed by atoms with Crippen LogP contribution < -0.4 is 0 Å². The molecule has 8 rings (SSSR count). The second-order valence-electron chi connectivity index (χ2n) is 14.2. The van der Waals surface area contributed by atoms with Crippen molar-refractivity contribution in [1.29, 1.82) is 0 Å². The van der Waals surface area contributed by atoms with Crippen molar-refractivity contribution in [3.05, 3.63) is 64.5 Å². The minimum Gasteiger partial charge on any atom is -0.454 e. The van der Waals surface area contributed by atoms with Crippen molar-refractivity contribution in [2.75, 3.05) is 0 Å². The number of nitrogens with zero attached hydrogens (tertiary/aromatic N) is 1. The molecular formula is C33H33F3N2O7. The van der Waals surface area contributed by atoms with E-state index in [0.717, 1.165) is 22.2 Å². The van der Waals surface area contributed by atoms with Gasteiger partial charge in [0.2, 0.25) is 5.76 Å². The van der Waals surface area contributed by atoms with Gasteiger partial charge in [-0.3, -0.25) is 4.79 Å². The molecule has 2 bridgehead atoms. The van der Waals surface area contributed by atoms with E-state index in [2.05, 4.69) is 16.9 Å².